The van der Waals surface area contributed by atoms with Gasteiger partial charge in [0, 0.05) is 13.0 Å². The lowest BCUT2D eigenvalue weighted by molar-refractivity contribution is -0.142. The fraction of sp³-hybridized carbons (Fsp3) is 0.600. The van der Waals surface area contributed by atoms with E-state index in [-0.39, 0.29) is 13.0 Å². The molecular formula is C10H14N2O4. The number of aliphatic carboxylic acids is 1. The summed E-state index contributed by atoms with van der Waals surface area (Å²) in [6, 6.07) is -1.55. The van der Waals surface area contributed by atoms with Gasteiger partial charge in [-0.25, -0.2) is 4.79 Å². The van der Waals surface area contributed by atoms with Crippen molar-refractivity contribution in [3.8, 4) is 12.3 Å². The van der Waals surface area contributed by atoms with E-state index in [1.165, 1.54) is 0 Å². The monoisotopic (exact) mass is 226 g/mol. The Bertz CT molecular complexity index is 304. The molecule has 88 valence electrons. The Balaban J connectivity index is 2.47. The quantitative estimate of drug-likeness (QED) is 0.511. The normalized spacial score (nSPS) is 21.8. The lowest BCUT2D eigenvalue weighted by Gasteiger charge is -2.24. The van der Waals surface area contributed by atoms with Crippen LogP contribution < -0.4 is 10.6 Å². The zero-order valence-electron chi connectivity index (χ0n) is 8.73. The van der Waals surface area contributed by atoms with Gasteiger partial charge in [0.05, 0.1) is 13.2 Å². The standard InChI is InChI=1S/C10H14N2O4/c1-2-3-7(10(14)15)12-9(13)8-6-16-5-4-11-8/h1,7-8,11H,3-6H2,(H,12,13)(H,14,15). The molecule has 1 rings (SSSR count). The molecule has 0 aliphatic carbocycles. The van der Waals surface area contributed by atoms with Gasteiger partial charge < -0.3 is 20.5 Å². The first-order valence-electron chi connectivity index (χ1n) is 4.93. The average molecular weight is 226 g/mol. The number of carbonyl (C=O) groups excluding carboxylic acids is 1. The minimum atomic E-state index is -1.14. The van der Waals surface area contributed by atoms with E-state index in [9.17, 15) is 9.59 Å². The number of morpholine rings is 1. The lowest BCUT2D eigenvalue weighted by atomic mass is 10.2. The SMILES string of the molecule is C#CCC(NC(=O)C1COCCN1)C(=O)O. The Morgan fingerprint density at radius 3 is 2.94 bits per heavy atom. The fourth-order valence-corrected chi connectivity index (χ4v) is 1.32. The van der Waals surface area contributed by atoms with Crippen molar-refractivity contribution in [2.24, 2.45) is 0 Å². The molecule has 0 spiro atoms. The van der Waals surface area contributed by atoms with Crippen molar-refractivity contribution in [3.05, 3.63) is 0 Å². The van der Waals surface area contributed by atoms with Crippen LogP contribution in [0.5, 0.6) is 0 Å². The number of hydrogen-bond acceptors (Lipinski definition) is 4. The Kier molecular flexibility index (Phi) is 4.76. The van der Waals surface area contributed by atoms with E-state index in [2.05, 4.69) is 16.6 Å². The highest BCUT2D eigenvalue weighted by molar-refractivity contribution is 5.87. The second-order valence-corrected chi connectivity index (χ2v) is 3.39. The van der Waals surface area contributed by atoms with E-state index in [4.69, 9.17) is 16.3 Å². The van der Waals surface area contributed by atoms with Crippen LogP contribution >= 0.6 is 0 Å². The van der Waals surface area contributed by atoms with E-state index < -0.39 is 24.0 Å². The topological polar surface area (TPSA) is 87.7 Å². The van der Waals surface area contributed by atoms with Crippen LogP contribution in [0.15, 0.2) is 0 Å². The summed E-state index contributed by atoms with van der Waals surface area (Å²) in [6.45, 7) is 1.37. The summed E-state index contributed by atoms with van der Waals surface area (Å²) in [5.74, 6) is 0.674. The van der Waals surface area contributed by atoms with Gasteiger partial charge in [-0.1, -0.05) is 0 Å². The molecule has 2 unspecified atom stereocenters. The molecule has 1 aliphatic rings. The van der Waals surface area contributed by atoms with Gasteiger partial charge in [0.15, 0.2) is 0 Å². The maximum atomic E-state index is 11.6. The molecule has 1 amide bonds. The van der Waals surface area contributed by atoms with Crippen molar-refractivity contribution in [2.45, 2.75) is 18.5 Å². The molecule has 0 radical (unpaired) electrons. The molecule has 16 heavy (non-hydrogen) atoms. The number of hydrogen-bond donors (Lipinski definition) is 3. The summed E-state index contributed by atoms with van der Waals surface area (Å²) in [6.07, 6.45) is 4.98. The molecule has 0 aromatic heterocycles. The highest BCUT2D eigenvalue weighted by Gasteiger charge is 2.25. The maximum absolute atomic E-state index is 11.6. The van der Waals surface area contributed by atoms with Crippen LogP contribution in [0.25, 0.3) is 0 Å². The summed E-state index contributed by atoms with van der Waals surface area (Å²) in [7, 11) is 0. The number of carboxylic acids is 1. The number of nitrogens with one attached hydrogen (secondary N) is 2. The van der Waals surface area contributed by atoms with Crippen LogP contribution in [-0.4, -0.2) is 48.8 Å². The van der Waals surface area contributed by atoms with Gasteiger partial charge in [-0.15, -0.1) is 12.3 Å². The number of ether oxygens (including phenoxy) is 1. The Labute approximate surface area is 93.3 Å². The Morgan fingerprint density at radius 1 is 1.69 bits per heavy atom. The number of rotatable bonds is 4. The van der Waals surface area contributed by atoms with Crippen molar-refractivity contribution in [2.75, 3.05) is 19.8 Å². The average Bonchev–Trinajstić information content (AvgIpc) is 2.29. The van der Waals surface area contributed by atoms with Crippen LogP contribution in [0.1, 0.15) is 6.42 Å². The molecule has 1 aliphatic heterocycles. The molecule has 0 aromatic rings. The first-order chi connectivity index (χ1) is 7.65. The zero-order chi connectivity index (χ0) is 12.0. The number of carboxylic acid groups (broad SMARTS) is 1. The number of carbonyl (C=O) groups is 2. The fourth-order valence-electron chi connectivity index (χ4n) is 1.32. The van der Waals surface area contributed by atoms with E-state index in [0.717, 1.165) is 0 Å². The van der Waals surface area contributed by atoms with Crippen LogP contribution in [0, 0.1) is 12.3 Å². The van der Waals surface area contributed by atoms with E-state index in [1.54, 1.807) is 0 Å². The predicted molar refractivity (Wildman–Crippen MR) is 55.6 cm³/mol. The van der Waals surface area contributed by atoms with Crippen molar-refractivity contribution >= 4 is 11.9 Å². The van der Waals surface area contributed by atoms with Gasteiger partial charge in [-0.2, -0.15) is 0 Å². The van der Waals surface area contributed by atoms with Gasteiger partial charge in [-0.3, -0.25) is 4.79 Å². The molecule has 1 heterocycles. The summed E-state index contributed by atoms with van der Waals surface area (Å²) < 4.78 is 5.09. The van der Waals surface area contributed by atoms with Gasteiger partial charge in [0.25, 0.3) is 0 Å². The van der Waals surface area contributed by atoms with E-state index >= 15 is 0 Å². The molecule has 6 nitrogen and oxygen atoms in total. The summed E-state index contributed by atoms with van der Waals surface area (Å²) in [5, 5.41) is 14.1. The van der Waals surface area contributed by atoms with Crippen LogP contribution in [0.3, 0.4) is 0 Å². The second-order valence-electron chi connectivity index (χ2n) is 3.39. The summed E-state index contributed by atoms with van der Waals surface area (Å²) >= 11 is 0. The minimum absolute atomic E-state index is 0.0331. The van der Waals surface area contributed by atoms with Crippen molar-refractivity contribution in [1.82, 2.24) is 10.6 Å². The largest absolute Gasteiger partial charge is 0.480 e. The zero-order valence-corrected chi connectivity index (χ0v) is 8.73. The minimum Gasteiger partial charge on any atom is -0.480 e. The Morgan fingerprint density at radius 2 is 2.44 bits per heavy atom. The smallest absolute Gasteiger partial charge is 0.327 e. The molecule has 0 aromatic carbocycles. The molecule has 2 atom stereocenters. The van der Waals surface area contributed by atoms with E-state index in [0.29, 0.717) is 13.2 Å². The third-order valence-corrected chi connectivity index (χ3v) is 2.17. The van der Waals surface area contributed by atoms with Crippen LogP contribution in [-0.2, 0) is 14.3 Å². The third kappa shape index (κ3) is 3.53. The Hall–Kier alpha value is -1.58. The van der Waals surface area contributed by atoms with Gasteiger partial charge >= 0.3 is 5.97 Å². The van der Waals surface area contributed by atoms with Crippen molar-refractivity contribution < 1.29 is 19.4 Å². The first-order valence-corrected chi connectivity index (χ1v) is 4.93. The lowest BCUT2D eigenvalue weighted by Crippen LogP contribution is -2.54. The predicted octanol–water partition coefficient (Wildman–Crippen LogP) is -1.43. The van der Waals surface area contributed by atoms with Gasteiger partial charge in [0.1, 0.15) is 12.1 Å². The van der Waals surface area contributed by atoms with Gasteiger partial charge in [-0.05, 0) is 0 Å². The van der Waals surface area contributed by atoms with Crippen LogP contribution in [0.4, 0.5) is 0 Å². The summed E-state index contributed by atoms with van der Waals surface area (Å²) in [5.41, 5.74) is 0. The molecule has 6 heteroatoms. The summed E-state index contributed by atoms with van der Waals surface area (Å²) in [4.78, 5) is 22.3. The van der Waals surface area contributed by atoms with Gasteiger partial charge in [0.2, 0.25) is 5.91 Å². The molecule has 1 saturated heterocycles. The molecule has 0 saturated carbocycles. The van der Waals surface area contributed by atoms with Crippen molar-refractivity contribution in [1.29, 1.82) is 0 Å². The number of amides is 1. The molecular weight excluding hydrogens is 212 g/mol. The first kappa shape index (κ1) is 12.5. The highest BCUT2D eigenvalue weighted by atomic mass is 16.5. The van der Waals surface area contributed by atoms with E-state index in [1.807, 2.05) is 0 Å². The molecule has 0 bridgehead atoms. The molecule has 3 N–H and O–H groups in total. The van der Waals surface area contributed by atoms with Crippen LogP contribution in [0.2, 0.25) is 0 Å². The van der Waals surface area contributed by atoms with Crippen molar-refractivity contribution in [3.63, 3.8) is 0 Å². The molecule has 1 fully saturated rings. The third-order valence-electron chi connectivity index (χ3n) is 2.17. The second kappa shape index (κ2) is 6.10. The maximum Gasteiger partial charge on any atom is 0.327 e. The number of terminal acetylenes is 1. The highest BCUT2D eigenvalue weighted by Crippen LogP contribution is 1.96.